The van der Waals surface area contributed by atoms with Crippen LogP contribution in [-0.2, 0) is 0 Å². The van der Waals surface area contributed by atoms with Gasteiger partial charge in [0.2, 0.25) is 0 Å². The van der Waals surface area contributed by atoms with Crippen molar-refractivity contribution in [2.24, 2.45) is 4.99 Å². The van der Waals surface area contributed by atoms with E-state index in [-0.39, 0.29) is 0 Å². The molecule has 0 saturated carbocycles. The summed E-state index contributed by atoms with van der Waals surface area (Å²) in [6, 6.07) is 0. The molecule has 0 amide bonds. The summed E-state index contributed by atoms with van der Waals surface area (Å²) in [4.78, 5) is 4.37. The minimum absolute atomic E-state index is 0.522. The van der Waals surface area contributed by atoms with Gasteiger partial charge in [0.15, 0.2) is 5.96 Å². The largest absolute Gasteiger partial charge is 0.357 e. The molecule has 0 fully saturated rings. The Bertz CT molecular complexity index is 196. The molecule has 0 rings (SSSR count). The van der Waals surface area contributed by atoms with Crippen molar-refractivity contribution >= 4 is 17.7 Å². The highest BCUT2D eigenvalue weighted by Crippen LogP contribution is 1.94. The van der Waals surface area contributed by atoms with E-state index in [2.05, 4.69) is 27.8 Å². The number of rotatable bonds is 6. The minimum atomic E-state index is 0.522. The summed E-state index contributed by atoms with van der Waals surface area (Å²) in [5, 5.41) is 6.17. The van der Waals surface area contributed by atoms with Crippen LogP contribution in [0.2, 0.25) is 0 Å². The molecule has 0 unspecified atom stereocenters. The normalized spacial score (nSPS) is 10.8. The van der Waals surface area contributed by atoms with Gasteiger partial charge in [-0.2, -0.15) is 11.8 Å². The van der Waals surface area contributed by atoms with Crippen LogP contribution in [0.5, 0.6) is 0 Å². The minimum Gasteiger partial charge on any atom is -0.357 e. The maximum atomic E-state index is 5.15. The van der Waals surface area contributed by atoms with E-state index in [9.17, 15) is 0 Å². The van der Waals surface area contributed by atoms with Crippen molar-refractivity contribution in [1.29, 1.82) is 0 Å². The summed E-state index contributed by atoms with van der Waals surface area (Å²) in [6.07, 6.45) is 8.36. The first-order chi connectivity index (χ1) is 6.85. The molecule has 2 N–H and O–H groups in total. The van der Waals surface area contributed by atoms with E-state index in [1.165, 1.54) is 0 Å². The zero-order valence-corrected chi connectivity index (χ0v) is 9.78. The molecule has 0 aromatic heterocycles. The van der Waals surface area contributed by atoms with Crippen LogP contribution in [0, 0.1) is 12.3 Å². The Balaban J connectivity index is 3.74. The second-order valence-corrected chi connectivity index (χ2v) is 3.65. The fourth-order valence-corrected chi connectivity index (χ4v) is 1.29. The average Bonchev–Trinajstić information content (AvgIpc) is 2.20. The van der Waals surface area contributed by atoms with Crippen LogP contribution in [-0.4, -0.2) is 37.6 Å². The molecule has 3 nitrogen and oxygen atoms in total. The zero-order chi connectivity index (χ0) is 10.6. The number of thioether (sulfide) groups is 1. The van der Waals surface area contributed by atoms with Gasteiger partial charge in [-0.15, -0.1) is 6.42 Å². The SMILES string of the molecule is C#CCNC(=NCCCSC)NCC. The lowest BCUT2D eigenvalue weighted by Gasteiger charge is -2.08. The van der Waals surface area contributed by atoms with Crippen LogP contribution in [0.15, 0.2) is 4.99 Å². The molecule has 14 heavy (non-hydrogen) atoms. The van der Waals surface area contributed by atoms with Crippen molar-refractivity contribution in [2.75, 3.05) is 31.6 Å². The van der Waals surface area contributed by atoms with Gasteiger partial charge in [0.1, 0.15) is 0 Å². The monoisotopic (exact) mass is 213 g/mol. The van der Waals surface area contributed by atoms with Crippen LogP contribution in [0.25, 0.3) is 0 Å². The summed E-state index contributed by atoms with van der Waals surface area (Å²) in [7, 11) is 0. The number of nitrogens with one attached hydrogen (secondary N) is 2. The molecule has 0 aliphatic rings. The predicted octanol–water partition coefficient (Wildman–Crippen LogP) is 0.928. The van der Waals surface area contributed by atoms with Crippen LogP contribution >= 0.6 is 11.8 Å². The molecule has 4 heteroatoms. The zero-order valence-electron chi connectivity index (χ0n) is 8.97. The van der Waals surface area contributed by atoms with Gasteiger partial charge < -0.3 is 10.6 Å². The molecule has 0 aromatic rings. The Morgan fingerprint density at radius 1 is 1.50 bits per heavy atom. The Hall–Kier alpha value is -0.820. The van der Waals surface area contributed by atoms with Crippen LogP contribution in [0.1, 0.15) is 13.3 Å². The Morgan fingerprint density at radius 2 is 2.29 bits per heavy atom. The summed E-state index contributed by atoms with van der Waals surface area (Å²) in [5.74, 6) is 4.48. The van der Waals surface area contributed by atoms with E-state index in [1.807, 2.05) is 18.7 Å². The average molecular weight is 213 g/mol. The lowest BCUT2D eigenvalue weighted by molar-refractivity contribution is 0.850. The fourth-order valence-electron chi connectivity index (χ4n) is 0.876. The van der Waals surface area contributed by atoms with Crippen LogP contribution < -0.4 is 10.6 Å². The van der Waals surface area contributed by atoms with Gasteiger partial charge in [-0.25, -0.2) is 0 Å². The molecule has 0 spiro atoms. The highest BCUT2D eigenvalue weighted by molar-refractivity contribution is 7.98. The third kappa shape index (κ3) is 7.81. The maximum absolute atomic E-state index is 5.15. The van der Waals surface area contributed by atoms with Gasteiger partial charge in [0.25, 0.3) is 0 Å². The highest BCUT2D eigenvalue weighted by atomic mass is 32.2. The summed E-state index contributed by atoms with van der Waals surface area (Å²) in [6.45, 7) is 4.27. The summed E-state index contributed by atoms with van der Waals surface area (Å²) in [5.41, 5.74) is 0. The number of hydrogen-bond donors (Lipinski definition) is 2. The van der Waals surface area contributed by atoms with Crippen molar-refractivity contribution < 1.29 is 0 Å². The second kappa shape index (κ2) is 10.3. The summed E-state index contributed by atoms with van der Waals surface area (Å²) < 4.78 is 0. The molecule has 0 aliphatic heterocycles. The van der Waals surface area contributed by atoms with E-state index in [0.717, 1.165) is 31.2 Å². The van der Waals surface area contributed by atoms with E-state index >= 15 is 0 Å². The molecule has 0 aliphatic carbocycles. The molecule has 0 heterocycles. The van der Waals surface area contributed by atoms with Crippen molar-refractivity contribution in [3.63, 3.8) is 0 Å². The number of guanidine groups is 1. The van der Waals surface area contributed by atoms with Gasteiger partial charge in [-0.1, -0.05) is 5.92 Å². The molecule has 0 aromatic carbocycles. The molecule has 0 atom stereocenters. The number of terminal acetylenes is 1. The quantitative estimate of drug-likeness (QED) is 0.298. The molecule has 80 valence electrons. The molecule has 0 bridgehead atoms. The van der Waals surface area contributed by atoms with E-state index in [1.54, 1.807) is 0 Å². The van der Waals surface area contributed by atoms with E-state index in [4.69, 9.17) is 6.42 Å². The highest BCUT2D eigenvalue weighted by Gasteiger charge is 1.93. The smallest absolute Gasteiger partial charge is 0.192 e. The first-order valence-corrected chi connectivity index (χ1v) is 6.19. The summed E-state index contributed by atoms with van der Waals surface area (Å²) >= 11 is 1.84. The molecular formula is C10H19N3S. The molecule has 0 radical (unpaired) electrons. The number of nitrogens with zero attached hydrogens (tertiary/aromatic N) is 1. The lowest BCUT2D eigenvalue weighted by atomic mass is 10.5. The van der Waals surface area contributed by atoms with Gasteiger partial charge >= 0.3 is 0 Å². The molecular weight excluding hydrogens is 194 g/mol. The van der Waals surface area contributed by atoms with Gasteiger partial charge in [-0.05, 0) is 25.4 Å². The number of aliphatic imine (C=N–C) groups is 1. The fraction of sp³-hybridized carbons (Fsp3) is 0.700. The second-order valence-electron chi connectivity index (χ2n) is 2.66. The topological polar surface area (TPSA) is 36.4 Å². The Morgan fingerprint density at radius 3 is 2.86 bits per heavy atom. The first kappa shape index (κ1) is 13.2. The van der Waals surface area contributed by atoms with Gasteiger partial charge in [0.05, 0.1) is 6.54 Å². The third-order valence-electron chi connectivity index (χ3n) is 1.48. The van der Waals surface area contributed by atoms with Crippen molar-refractivity contribution in [3.8, 4) is 12.3 Å². The maximum Gasteiger partial charge on any atom is 0.192 e. The Labute approximate surface area is 91.1 Å². The number of hydrogen-bond acceptors (Lipinski definition) is 2. The van der Waals surface area contributed by atoms with Crippen LogP contribution in [0.4, 0.5) is 0 Å². The van der Waals surface area contributed by atoms with Crippen molar-refractivity contribution in [1.82, 2.24) is 10.6 Å². The molecule has 0 saturated heterocycles. The predicted molar refractivity (Wildman–Crippen MR) is 65.8 cm³/mol. The van der Waals surface area contributed by atoms with E-state index in [0.29, 0.717) is 6.54 Å². The van der Waals surface area contributed by atoms with E-state index < -0.39 is 0 Å². The lowest BCUT2D eigenvalue weighted by Crippen LogP contribution is -2.37. The van der Waals surface area contributed by atoms with Crippen molar-refractivity contribution in [2.45, 2.75) is 13.3 Å². The van der Waals surface area contributed by atoms with Crippen LogP contribution in [0.3, 0.4) is 0 Å². The standard InChI is InChI=1S/C10H19N3S/c1-4-7-12-10(11-5-2)13-8-6-9-14-3/h1H,5-9H2,2-3H3,(H2,11,12,13). The van der Waals surface area contributed by atoms with Gasteiger partial charge in [-0.3, -0.25) is 4.99 Å². The Kier molecular flexibility index (Phi) is 9.66. The van der Waals surface area contributed by atoms with Crippen molar-refractivity contribution in [3.05, 3.63) is 0 Å². The van der Waals surface area contributed by atoms with Gasteiger partial charge in [0, 0.05) is 13.1 Å². The first-order valence-electron chi connectivity index (χ1n) is 4.79. The third-order valence-corrected chi connectivity index (χ3v) is 2.18.